The maximum Gasteiger partial charge on any atom is 0.247 e. The van der Waals surface area contributed by atoms with Crippen molar-refractivity contribution >= 4 is 17.1 Å². The molecule has 0 saturated heterocycles. The molecule has 2 rings (SSSR count). The zero-order chi connectivity index (χ0) is 11.9. The molecule has 16 heavy (non-hydrogen) atoms. The molecule has 0 unspecified atom stereocenters. The summed E-state index contributed by atoms with van der Waals surface area (Å²) in [5, 5.41) is 0. The van der Waals surface area contributed by atoms with E-state index < -0.39 is 0 Å². The standard InChI is InChI=1S/C10H15N5O/c1-10(2,3)16-8-6-7(13-9(11)14-8)15(4)5-12-6/h5H,1-4H3,(H2,11,13,14). The Morgan fingerprint density at radius 1 is 1.31 bits per heavy atom. The van der Waals surface area contributed by atoms with Gasteiger partial charge in [-0.3, -0.25) is 0 Å². The Labute approximate surface area is 93.5 Å². The summed E-state index contributed by atoms with van der Waals surface area (Å²) >= 11 is 0. The van der Waals surface area contributed by atoms with E-state index in [1.165, 1.54) is 0 Å². The third-order valence-electron chi connectivity index (χ3n) is 1.95. The molecule has 2 aromatic heterocycles. The van der Waals surface area contributed by atoms with Crippen LogP contribution in [-0.4, -0.2) is 25.1 Å². The first-order valence-corrected chi connectivity index (χ1v) is 5.00. The average molecular weight is 221 g/mol. The number of anilines is 1. The van der Waals surface area contributed by atoms with E-state index in [0.29, 0.717) is 17.0 Å². The molecule has 0 aliphatic rings. The maximum atomic E-state index is 5.70. The van der Waals surface area contributed by atoms with Gasteiger partial charge >= 0.3 is 0 Å². The summed E-state index contributed by atoms with van der Waals surface area (Å²) in [6, 6.07) is 0. The van der Waals surface area contributed by atoms with Crippen molar-refractivity contribution in [2.45, 2.75) is 26.4 Å². The molecule has 2 aromatic rings. The van der Waals surface area contributed by atoms with Gasteiger partial charge < -0.3 is 15.0 Å². The normalized spacial score (nSPS) is 12.0. The van der Waals surface area contributed by atoms with Crippen LogP contribution in [-0.2, 0) is 7.05 Å². The van der Waals surface area contributed by atoms with Gasteiger partial charge in [0.15, 0.2) is 11.2 Å². The molecule has 2 heterocycles. The summed E-state index contributed by atoms with van der Waals surface area (Å²) in [5.74, 6) is 0.617. The van der Waals surface area contributed by atoms with Crippen molar-refractivity contribution < 1.29 is 4.74 Å². The quantitative estimate of drug-likeness (QED) is 0.780. The third kappa shape index (κ3) is 1.91. The molecule has 6 heteroatoms. The fraction of sp³-hybridized carbons (Fsp3) is 0.500. The van der Waals surface area contributed by atoms with E-state index in [1.807, 2.05) is 27.8 Å². The van der Waals surface area contributed by atoms with E-state index in [1.54, 1.807) is 10.9 Å². The van der Waals surface area contributed by atoms with Crippen LogP contribution >= 0.6 is 0 Å². The van der Waals surface area contributed by atoms with Crippen LogP contribution in [0.1, 0.15) is 20.8 Å². The lowest BCUT2D eigenvalue weighted by Gasteiger charge is -2.20. The zero-order valence-corrected chi connectivity index (χ0v) is 9.85. The number of fused-ring (bicyclic) bond motifs is 1. The predicted molar refractivity (Wildman–Crippen MR) is 61.1 cm³/mol. The summed E-state index contributed by atoms with van der Waals surface area (Å²) in [5.41, 5.74) is 6.59. The molecule has 2 N–H and O–H groups in total. The fourth-order valence-electron chi connectivity index (χ4n) is 1.36. The highest BCUT2D eigenvalue weighted by molar-refractivity contribution is 5.77. The van der Waals surface area contributed by atoms with Gasteiger partial charge in [0.1, 0.15) is 5.60 Å². The minimum absolute atomic E-state index is 0.190. The van der Waals surface area contributed by atoms with Crippen molar-refractivity contribution in [3.05, 3.63) is 6.33 Å². The molecule has 0 aliphatic heterocycles. The van der Waals surface area contributed by atoms with Crippen LogP contribution in [0.5, 0.6) is 5.88 Å². The summed E-state index contributed by atoms with van der Waals surface area (Å²) < 4.78 is 7.48. The van der Waals surface area contributed by atoms with Crippen molar-refractivity contribution in [1.29, 1.82) is 0 Å². The van der Waals surface area contributed by atoms with Crippen molar-refractivity contribution in [2.75, 3.05) is 5.73 Å². The van der Waals surface area contributed by atoms with Crippen LogP contribution in [0.2, 0.25) is 0 Å². The Bertz CT molecular complexity index is 526. The van der Waals surface area contributed by atoms with Crippen LogP contribution < -0.4 is 10.5 Å². The van der Waals surface area contributed by atoms with Gasteiger partial charge in [-0.2, -0.15) is 9.97 Å². The number of rotatable bonds is 1. The molecule has 6 nitrogen and oxygen atoms in total. The number of nitrogen functional groups attached to an aromatic ring is 1. The van der Waals surface area contributed by atoms with Gasteiger partial charge in [-0.05, 0) is 20.8 Å². The molecule has 0 amide bonds. The molecule has 0 radical (unpaired) electrons. The second-order valence-electron chi connectivity index (χ2n) is 4.63. The number of aromatic nitrogens is 4. The molecule has 0 saturated carbocycles. The molecular weight excluding hydrogens is 206 g/mol. The van der Waals surface area contributed by atoms with Crippen LogP contribution in [0.15, 0.2) is 6.33 Å². The average Bonchev–Trinajstić information content (AvgIpc) is 2.45. The maximum absolute atomic E-state index is 5.70. The molecule has 0 fully saturated rings. The molecule has 0 atom stereocenters. The number of aryl methyl sites for hydroxylation is 1. The summed E-state index contributed by atoms with van der Waals surface area (Å²) in [6.45, 7) is 5.83. The highest BCUT2D eigenvalue weighted by Gasteiger charge is 2.18. The van der Waals surface area contributed by atoms with E-state index in [0.717, 1.165) is 0 Å². The Morgan fingerprint density at radius 2 is 2.00 bits per heavy atom. The van der Waals surface area contributed by atoms with Crippen LogP contribution in [0.4, 0.5) is 5.95 Å². The van der Waals surface area contributed by atoms with E-state index in [-0.39, 0.29) is 11.5 Å². The highest BCUT2D eigenvalue weighted by atomic mass is 16.5. The number of imidazole rings is 1. The van der Waals surface area contributed by atoms with Crippen molar-refractivity contribution in [3.63, 3.8) is 0 Å². The first-order chi connectivity index (χ1) is 7.37. The van der Waals surface area contributed by atoms with Gasteiger partial charge in [-0.1, -0.05) is 0 Å². The van der Waals surface area contributed by atoms with Crippen LogP contribution in [0.25, 0.3) is 11.2 Å². The lowest BCUT2D eigenvalue weighted by Crippen LogP contribution is -2.24. The van der Waals surface area contributed by atoms with E-state index >= 15 is 0 Å². The van der Waals surface area contributed by atoms with E-state index in [4.69, 9.17) is 10.5 Å². The van der Waals surface area contributed by atoms with E-state index in [9.17, 15) is 0 Å². The van der Waals surface area contributed by atoms with Crippen molar-refractivity contribution in [1.82, 2.24) is 19.5 Å². The minimum atomic E-state index is -0.342. The van der Waals surface area contributed by atoms with E-state index in [2.05, 4.69) is 15.0 Å². The third-order valence-corrected chi connectivity index (χ3v) is 1.95. The summed E-state index contributed by atoms with van der Waals surface area (Å²) in [4.78, 5) is 12.4. The fourth-order valence-corrected chi connectivity index (χ4v) is 1.36. The minimum Gasteiger partial charge on any atom is -0.470 e. The Morgan fingerprint density at radius 3 is 2.62 bits per heavy atom. The lowest BCUT2D eigenvalue weighted by molar-refractivity contribution is 0.126. The van der Waals surface area contributed by atoms with Gasteiger partial charge in [0, 0.05) is 7.05 Å². The zero-order valence-electron chi connectivity index (χ0n) is 9.85. The van der Waals surface area contributed by atoms with Gasteiger partial charge in [0.25, 0.3) is 0 Å². The molecule has 86 valence electrons. The highest BCUT2D eigenvalue weighted by Crippen LogP contribution is 2.24. The molecule has 0 aromatic carbocycles. The molecule has 0 spiro atoms. The molecular formula is C10H15N5O. The topological polar surface area (TPSA) is 78.8 Å². The number of ether oxygens (including phenoxy) is 1. The first-order valence-electron chi connectivity index (χ1n) is 5.00. The molecule has 0 aliphatic carbocycles. The SMILES string of the molecule is Cn1cnc2c(OC(C)(C)C)nc(N)nc21. The lowest BCUT2D eigenvalue weighted by atomic mass is 10.2. The Hall–Kier alpha value is -1.85. The smallest absolute Gasteiger partial charge is 0.247 e. The molecule has 0 bridgehead atoms. The summed E-state index contributed by atoms with van der Waals surface area (Å²) in [6.07, 6.45) is 1.66. The van der Waals surface area contributed by atoms with Crippen LogP contribution in [0, 0.1) is 0 Å². The Kier molecular flexibility index (Phi) is 2.22. The second-order valence-corrected chi connectivity index (χ2v) is 4.63. The Balaban J connectivity index is 2.60. The summed E-state index contributed by atoms with van der Waals surface area (Å²) in [7, 11) is 1.85. The van der Waals surface area contributed by atoms with Crippen LogP contribution in [0.3, 0.4) is 0 Å². The number of hydrogen-bond acceptors (Lipinski definition) is 5. The number of nitrogens with two attached hydrogens (primary N) is 1. The van der Waals surface area contributed by atoms with Gasteiger partial charge in [0.05, 0.1) is 6.33 Å². The first kappa shape index (κ1) is 10.7. The van der Waals surface area contributed by atoms with Crippen molar-refractivity contribution in [3.8, 4) is 5.88 Å². The largest absolute Gasteiger partial charge is 0.470 e. The van der Waals surface area contributed by atoms with Crippen molar-refractivity contribution in [2.24, 2.45) is 7.05 Å². The van der Waals surface area contributed by atoms with Gasteiger partial charge in [0.2, 0.25) is 11.8 Å². The number of hydrogen-bond donors (Lipinski definition) is 1. The number of nitrogens with zero attached hydrogens (tertiary/aromatic N) is 4. The monoisotopic (exact) mass is 221 g/mol. The predicted octanol–water partition coefficient (Wildman–Crippen LogP) is 1.12. The van der Waals surface area contributed by atoms with Gasteiger partial charge in [-0.25, -0.2) is 4.98 Å². The van der Waals surface area contributed by atoms with Gasteiger partial charge in [-0.15, -0.1) is 0 Å². The second kappa shape index (κ2) is 3.33.